The molecule has 0 saturated heterocycles. The maximum Gasteiger partial charge on any atom is 0.243 e. The van der Waals surface area contributed by atoms with Crippen LogP contribution in [0.3, 0.4) is 0 Å². The first-order valence-corrected chi connectivity index (χ1v) is 8.22. The molecule has 8 heteroatoms. The standard InChI is InChI=1S/C13H17N5O2S/c1-17(9-13-14-15-16-18(13)2)21(19,20)12-7-6-10-4-3-5-11(10)8-12/h6-8H,3-5,9H2,1-2H3. The number of sulfonamides is 1. The number of hydrogen-bond acceptors (Lipinski definition) is 5. The van der Waals surface area contributed by atoms with Crippen LogP contribution >= 0.6 is 0 Å². The Kier molecular flexibility index (Phi) is 3.50. The number of tetrazole rings is 1. The van der Waals surface area contributed by atoms with Gasteiger partial charge < -0.3 is 0 Å². The third-order valence-corrected chi connectivity index (χ3v) is 5.65. The third-order valence-electron chi connectivity index (χ3n) is 3.85. The minimum Gasteiger partial charge on any atom is -0.231 e. The second kappa shape index (κ2) is 5.19. The topological polar surface area (TPSA) is 81.0 Å². The van der Waals surface area contributed by atoms with E-state index in [4.69, 9.17) is 0 Å². The summed E-state index contributed by atoms with van der Waals surface area (Å²) in [7, 11) is -0.304. The van der Waals surface area contributed by atoms with Crippen molar-refractivity contribution < 1.29 is 8.42 Å². The molecule has 0 saturated carbocycles. The summed E-state index contributed by atoms with van der Waals surface area (Å²) in [5.41, 5.74) is 2.40. The van der Waals surface area contributed by atoms with Gasteiger partial charge in [0.25, 0.3) is 0 Å². The van der Waals surface area contributed by atoms with Gasteiger partial charge in [0.05, 0.1) is 11.4 Å². The first-order chi connectivity index (χ1) is 9.98. The summed E-state index contributed by atoms with van der Waals surface area (Å²) in [6.07, 6.45) is 3.09. The van der Waals surface area contributed by atoms with E-state index in [1.165, 1.54) is 21.6 Å². The summed E-state index contributed by atoms with van der Waals surface area (Å²) in [4.78, 5) is 0.334. The van der Waals surface area contributed by atoms with Crippen molar-refractivity contribution in [1.29, 1.82) is 0 Å². The van der Waals surface area contributed by atoms with E-state index in [1.807, 2.05) is 6.07 Å². The minimum absolute atomic E-state index is 0.142. The van der Waals surface area contributed by atoms with Crippen LogP contribution in [0.25, 0.3) is 0 Å². The van der Waals surface area contributed by atoms with Crippen LogP contribution in [0.5, 0.6) is 0 Å². The highest BCUT2D eigenvalue weighted by Gasteiger charge is 2.24. The van der Waals surface area contributed by atoms with E-state index in [1.54, 1.807) is 19.2 Å². The molecule has 0 unspecified atom stereocenters. The molecule has 0 atom stereocenters. The van der Waals surface area contributed by atoms with Gasteiger partial charge in [0, 0.05) is 14.1 Å². The zero-order chi connectivity index (χ0) is 15.0. The predicted molar refractivity (Wildman–Crippen MR) is 75.9 cm³/mol. The highest BCUT2D eigenvalue weighted by molar-refractivity contribution is 7.89. The SMILES string of the molecule is CN(Cc1nnnn1C)S(=O)(=O)c1ccc2c(c1)CCC2. The second-order valence-corrected chi connectivity index (χ2v) is 7.31. The molecule has 0 spiro atoms. The zero-order valence-electron chi connectivity index (χ0n) is 12.0. The van der Waals surface area contributed by atoms with Crippen molar-refractivity contribution in [2.24, 2.45) is 7.05 Å². The Morgan fingerprint density at radius 2 is 2.05 bits per heavy atom. The van der Waals surface area contributed by atoms with E-state index >= 15 is 0 Å². The fourth-order valence-electron chi connectivity index (χ4n) is 2.55. The van der Waals surface area contributed by atoms with E-state index in [0.717, 1.165) is 24.8 Å². The molecule has 0 aliphatic heterocycles. The summed E-state index contributed by atoms with van der Waals surface area (Å²) in [5.74, 6) is 0.502. The lowest BCUT2D eigenvalue weighted by molar-refractivity contribution is 0.447. The predicted octanol–water partition coefficient (Wildman–Crippen LogP) is 0.520. The molecular weight excluding hydrogens is 290 g/mol. The highest BCUT2D eigenvalue weighted by Crippen LogP contribution is 2.26. The van der Waals surface area contributed by atoms with Crippen LogP contribution in [0.1, 0.15) is 23.4 Å². The average molecular weight is 307 g/mol. The van der Waals surface area contributed by atoms with E-state index in [0.29, 0.717) is 10.7 Å². The lowest BCUT2D eigenvalue weighted by atomic mass is 10.1. The maximum atomic E-state index is 12.6. The highest BCUT2D eigenvalue weighted by atomic mass is 32.2. The van der Waals surface area contributed by atoms with E-state index in [2.05, 4.69) is 15.5 Å². The van der Waals surface area contributed by atoms with Crippen molar-refractivity contribution in [3.8, 4) is 0 Å². The van der Waals surface area contributed by atoms with Crippen LogP contribution in [0, 0.1) is 0 Å². The van der Waals surface area contributed by atoms with Crippen LogP contribution in [0.2, 0.25) is 0 Å². The number of aryl methyl sites for hydroxylation is 3. The molecule has 1 aromatic carbocycles. The normalized spacial score (nSPS) is 14.6. The third kappa shape index (κ3) is 2.56. The van der Waals surface area contributed by atoms with E-state index < -0.39 is 10.0 Å². The van der Waals surface area contributed by atoms with Crippen LogP contribution < -0.4 is 0 Å². The quantitative estimate of drug-likeness (QED) is 0.822. The van der Waals surface area contributed by atoms with Gasteiger partial charge in [-0.1, -0.05) is 6.07 Å². The lowest BCUT2D eigenvalue weighted by Gasteiger charge is -2.16. The Labute approximate surface area is 123 Å². The van der Waals surface area contributed by atoms with Crippen LogP contribution in [-0.4, -0.2) is 40.0 Å². The van der Waals surface area contributed by atoms with Gasteiger partial charge in [-0.2, -0.15) is 4.31 Å². The molecule has 7 nitrogen and oxygen atoms in total. The number of fused-ring (bicyclic) bond motifs is 1. The van der Waals surface area contributed by atoms with Crippen molar-refractivity contribution in [2.45, 2.75) is 30.7 Å². The molecule has 0 fully saturated rings. The van der Waals surface area contributed by atoms with Crippen molar-refractivity contribution in [1.82, 2.24) is 24.5 Å². The van der Waals surface area contributed by atoms with E-state index in [-0.39, 0.29) is 6.54 Å². The number of nitrogens with zero attached hydrogens (tertiary/aromatic N) is 5. The average Bonchev–Trinajstić information content (AvgIpc) is 3.07. The molecule has 0 radical (unpaired) electrons. The van der Waals surface area contributed by atoms with Crippen molar-refractivity contribution >= 4 is 10.0 Å². The fourth-order valence-corrected chi connectivity index (χ4v) is 3.73. The Morgan fingerprint density at radius 1 is 1.29 bits per heavy atom. The second-order valence-electron chi connectivity index (χ2n) is 5.26. The smallest absolute Gasteiger partial charge is 0.231 e. The number of rotatable bonds is 4. The summed E-state index contributed by atoms with van der Waals surface area (Å²) >= 11 is 0. The molecule has 0 bridgehead atoms. The Hall–Kier alpha value is -1.80. The van der Waals surface area contributed by atoms with Gasteiger partial charge in [0.1, 0.15) is 0 Å². The van der Waals surface area contributed by atoms with Gasteiger partial charge in [-0.15, -0.1) is 5.10 Å². The van der Waals surface area contributed by atoms with Crippen molar-refractivity contribution in [2.75, 3.05) is 7.05 Å². The Morgan fingerprint density at radius 3 is 2.76 bits per heavy atom. The number of hydrogen-bond donors (Lipinski definition) is 0. The molecule has 1 aliphatic rings. The van der Waals surface area contributed by atoms with Gasteiger partial charge >= 0.3 is 0 Å². The van der Waals surface area contributed by atoms with Gasteiger partial charge in [-0.25, -0.2) is 13.1 Å². The molecule has 3 rings (SSSR count). The monoisotopic (exact) mass is 307 g/mol. The molecule has 1 aliphatic carbocycles. The van der Waals surface area contributed by atoms with Gasteiger partial charge in [0.15, 0.2) is 5.82 Å². The largest absolute Gasteiger partial charge is 0.243 e. The maximum absolute atomic E-state index is 12.6. The van der Waals surface area contributed by atoms with Crippen molar-refractivity contribution in [3.63, 3.8) is 0 Å². The first kappa shape index (κ1) is 14.2. The molecule has 1 heterocycles. The van der Waals surface area contributed by atoms with Crippen LogP contribution in [0.15, 0.2) is 23.1 Å². The molecule has 21 heavy (non-hydrogen) atoms. The lowest BCUT2D eigenvalue weighted by Crippen LogP contribution is -2.28. The first-order valence-electron chi connectivity index (χ1n) is 6.78. The van der Waals surface area contributed by atoms with Crippen LogP contribution in [-0.2, 0) is 36.5 Å². The number of benzene rings is 1. The summed E-state index contributed by atoms with van der Waals surface area (Å²) in [6, 6.07) is 5.40. The molecule has 0 N–H and O–H groups in total. The summed E-state index contributed by atoms with van der Waals surface area (Å²) in [6.45, 7) is 0.142. The molecule has 112 valence electrons. The minimum atomic E-state index is -3.53. The Bertz CT molecular complexity index is 769. The van der Waals surface area contributed by atoms with Crippen molar-refractivity contribution in [3.05, 3.63) is 35.2 Å². The molecule has 2 aromatic rings. The zero-order valence-corrected chi connectivity index (χ0v) is 12.8. The van der Waals surface area contributed by atoms with Gasteiger partial charge in [0.2, 0.25) is 10.0 Å². The van der Waals surface area contributed by atoms with Crippen LogP contribution in [0.4, 0.5) is 0 Å². The molecular formula is C13H17N5O2S. The van der Waals surface area contributed by atoms with Gasteiger partial charge in [-0.3, -0.25) is 0 Å². The molecule has 0 amide bonds. The Balaban J connectivity index is 1.87. The summed E-state index contributed by atoms with van der Waals surface area (Å²) in [5, 5.41) is 11.0. The fraction of sp³-hybridized carbons (Fsp3) is 0.462. The van der Waals surface area contributed by atoms with E-state index in [9.17, 15) is 8.42 Å². The number of aromatic nitrogens is 4. The summed E-state index contributed by atoms with van der Waals surface area (Å²) < 4.78 is 28.0. The van der Waals surface area contributed by atoms with Gasteiger partial charge in [-0.05, 0) is 52.9 Å². The molecule has 1 aromatic heterocycles.